The second-order valence-electron chi connectivity index (χ2n) is 3.73. The Bertz CT molecular complexity index is 364. The van der Waals surface area contributed by atoms with Gasteiger partial charge in [-0.15, -0.1) is 25.6 Å². The number of nitrogens with one attached hydrogen (secondary N) is 1. The topological polar surface area (TPSA) is 21.3 Å². The van der Waals surface area contributed by atoms with Crippen molar-refractivity contribution in [1.29, 1.82) is 0 Å². The standard InChI is InChI=1S/C11H12F3NO.ClH/c12-11(13,14)16-10-6-2-1-4-8(10)9-5-3-7-15-9;/h1-2,4,6,9,15H,3,5,7H2;1H. The van der Waals surface area contributed by atoms with Gasteiger partial charge in [-0.2, -0.15) is 0 Å². The van der Waals surface area contributed by atoms with Crippen LogP contribution in [0, 0.1) is 0 Å². The molecule has 2 rings (SSSR count). The first-order valence-corrected chi connectivity index (χ1v) is 5.14. The maximum absolute atomic E-state index is 12.2. The molecule has 1 aliphatic rings. The summed E-state index contributed by atoms with van der Waals surface area (Å²) in [6.07, 6.45) is -2.81. The first kappa shape index (κ1) is 14.1. The Hall–Kier alpha value is -0.940. The van der Waals surface area contributed by atoms with Crippen LogP contribution in [-0.2, 0) is 0 Å². The SMILES string of the molecule is Cl.FC(F)(F)Oc1ccccc1C1CCCN1. The third-order valence-electron chi connectivity index (χ3n) is 2.58. The molecule has 0 aromatic heterocycles. The average molecular weight is 268 g/mol. The second kappa shape index (κ2) is 5.60. The monoisotopic (exact) mass is 267 g/mol. The number of hydrogen-bond donors (Lipinski definition) is 1. The van der Waals surface area contributed by atoms with Gasteiger partial charge in [-0.05, 0) is 25.5 Å². The van der Waals surface area contributed by atoms with Gasteiger partial charge in [0.15, 0.2) is 0 Å². The minimum Gasteiger partial charge on any atom is -0.405 e. The Kier molecular flexibility index (Phi) is 4.65. The molecule has 0 saturated carbocycles. The Labute approximate surface area is 104 Å². The number of rotatable bonds is 2. The summed E-state index contributed by atoms with van der Waals surface area (Å²) in [6.45, 7) is 0.838. The fourth-order valence-corrected chi connectivity index (χ4v) is 1.94. The van der Waals surface area contributed by atoms with Crippen LogP contribution in [0.3, 0.4) is 0 Å². The lowest BCUT2D eigenvalue weighted by atomic mass is 10.0. The van der Waals surface area contributed by atoms with E-state index in [0.29, 0.717) is 5.56 Å². The van der Waals surface area contributed by atoms with Crippen LogP contribution in [-0.4, -0.2) is 12.9 Å². The molecule has 1 fully saturated rings. The number of halogens is 4. The molecule has 0 spiro atoms. The first-order chi connectivity index (χ1) is 7.56. The van der Waals surface area contributed by atoms with Crippen LogP contribution in [0.5, 0.6) is 5.75 Å². The highest BCUT2D eigenvalue weighted by Gasteiger charge is 2.33. The lowest BCUT2D eigenvalue weighted by molar-refractivity contribution is -0.275. The van der Waals surface area contributed by atoms with Crippen LogP contribution in [0.1, 0.15) is 24.4 Å². The van der Waals surface area contributed by atoms with Crippen molar-refractivity contribution < 1.29 is 17.9 Å². The fourth-order valence-electron chi connectivity index (χ4n) is 1.94. The smallest absolute Gasteiger partial charge is 0.405 e. The lowest BCUT2D eigenvalue weighted by Gasteiger charge is -2.17. The molecular formula is C11H13ClF3NO. The highest BCUT2D eigenvalue weighted by molar-refractivity contribution is 5.85. The predicted octanol–water partition coefficient (Wildman–Crippen LogP) is 3.43. The van der Waals surface area contributed by atoms with Crippen molar-refractivity contribution in [3.05, 3.63) is 29.8 Å². The van der Waals surface area contributed by atoms with Gasteiger partial charge in [0.1, 0.15) is 5.75 Å². The summed E-state index contributed by atoms with van der Waals surface area (Å²) in [5, 5.41) is 3.15. The number of alkyl halides is 3. The second-order valence-corrected chi connectivity index (χ2v) is 3.73. The van der Waals surface area contributed by atoms with Crippen molar-refractivity contribution >= 4 is 12.4 Å². The molecule has 0 aliphatic carbocycles. The molecule has 1 aromatic carbocycles. The molecule has 1 saturated heterocycles. The average Bonchev–Trinajstić information content (AvgIpc) is 2.69. The van der Waals surface area contributed by atoms with E-state index in [1.54, 1.807) is 18.2 Å². The molecule has 96 valence electrons. The third-order valence-corrected chi connectivity index (χ3v) is 2.58. The lowest BCUT2D eigenvalue weighted by Crippen LogP contribution is -2.20. The van der Waals surface area contributed by atoms with Crippen molar-refractivity contribution in [1.82, 2.24) is 5.32 Å². The highest BCUT2D eigenvalue weighted by Crippen LogP contribution is 2.33. The van der Waals surface area contributed by atoms with Crippen molar-refractivity contribution in [2.75, 3.05) is 6.54 Å². The van der Waals surface area contributed by atoms with E-state index in [9.17, 15) is 13.2 Å². The summed E-state index contributed by atoms with van der Waals surface area (Å²) in [6, 6.07) is 6.25. The van der Waals surface area contributed by atoms with Crippen molar-refractivity contribution in [3.8, 4) is 5.75 Å². The normalized spacial score (nSPS) is 19.8. The van der Waals surface area contributed by atoms with Gasteiger partial charge >= 0.3 is 6.36 Å². The first-order valence-electron chi connectivity index (χ1n) is 5.14. The van der Waals surface area contributed by atoms with Crippen molar-refractivity contribution in [2.24, 2.45) is 0 Å². The van der Waals surface area contributed by atoms with Crippen LogP contribution in [0.4, 0.5) is 13.2 Å². The minimum atomic E-state index is -4.63. The molecule has 2 nitrogen and oxygen atoms in total. The third kappa shape index (κ3) is 3.78. The molecule has 1 atom stereocenters. The zero-order chi connectivity index (χ0) is 11.6. The Morgan fingerprint density at radius 1 is 1.24 bits per heavy atom. The maximum atomic E-state index is 12.2. The van der Waals surface area contributed by atoms with E-state index in [0.717, 1.165) is 19.4 Å². The Morgan fingerprint density at radius 2 is 1.94 bits per heavy atom. The summed E-state index contributed by atoms with van der Waals surface area (Å²) in [5.41, 5.74) is 0.581. The molecule has 0 radical (unpaired) electrons. The molecule has 1 aromatic rings. The van der Waals surface area contributed by atoms with Gasteiger partial charge in [0.25, 0.3) is 0 Å². The van der Waals surface area contributed by atoms with Crippen molar-refractivity contribution in [3.63, 3.8) is 0 Å². The molecule has 1 N–H and O–H groups in total. The molecule has 17 heavy (non-hydrogen) atoms. The summed E-state index contributed by atoms with van der Waals surface area (Å²) < 4.78 is 40.5. The number of ether oxygens (including phenoxy) is 1. The quantitative estimate of drug-likeness (QED) is 0.886. The Morgan fingerprint density at radius 3 is 2.53 bits per heavy atom. The number of hydrogen-bond acceptors (Lipinski definition) is 2. The van der Waals surface area contributed by atoms with Crippen molar-refractivity contribution in [2.45, 2.75) is 25.2 Å². The van der Waals surface area contributed by atoms with E-state index in [-0.39, 0.29) is 24.2 Å². The minimum absolute atomic E-state index is 0. The molecule has 1 unspecified atom stereocenters. The number of para-hydroxylation sites is 1. The van der Waals surface area contributed by atoms with Crippen LogP contribution in [0.2, 0.25) is 0 Å². The predicted molar refractivity (Wildman–Crippen MR) is 60.4 cm³/mol. The highest BCUT2D eigenvalue weighted by atomic mass is 35.5. The number of benzene rings is 1. The summed E-state index contributed by atoms with van der Waals surface area (Å²) >= 11 is 0. The zero-order valence-corrected chi connectivity index (χ0v) is 9.77. The molecule has 1 heterocycles. The van der Waals surface area contributed by atoms with E-state index in [1.807, 2.05) is 0 Å². The zero-order valence-electron chi connectivity index (χ0n) is 8.96. The van der Waals surface area contributed by atoms with Crippen LogP contribution in [0.25, 0.3) is 0 Å². The van der Waals surface area contributed by atoms with Gasteiger partial charge in [0.2, 0.25) is 0 Å². The van der Waals surface area contributed by atoms with Crippen LogP contribution < -0.4 is 10.1 Å². The van der Waals surface area contributed by atoms with E-state index in [2.05, 4.69) is 10.1 Å². The van der Waals surface area contributed by atoms with E-state index >= 15 is 0 Å². The van der Waals surface area contributed by atoms with Gasteiger partial charge in [-0.1, -0.05) is 18.2 Å². The summed E-state index contributed by atoms with van der Waals surface area (Å²) in [5.74, 6) is -0.102. The van der Waals surface area contributed by atoms with Gasteiger partial charge in [-0.25, -0.2) is 0 Å². The molecule has 1 aliphatic heterocycles. The molecular weight excluding hydrogens is 255 g/mol. The maximum Gasteiger partial charge on any atom is 0.573 e. The van der Waals surface area contributed by atoms with E-state index in [4.69, 9.17) is 0 Å². The molecule has 6 heteroatoms. The van der Waals surface area contributed by atoms with Gasteiger partial charge < -0.3 is 10.1 Å². The summed E-state index contributed by atoms with van der Waals surface area (Å²) in [4.78, 5) is 0. The largest absolute Gasteiger partial charge is 0.573 e. The van der Waals surface area contributed by atoms with Gasteiger partial charge in [0, 0.05) is 11.6 Å². The summed E-state index contributed by atoms with van der Waals surface area (Å²) in [7, 11) is 0. The van der Waals surface area contributed by atoms with E-state index < -0.39 is 6.36 Å². The van der Waals surface area contributed by atoms with E-state index in [1.165, 1.54) is 6.07 Å². The van der Waals surface area contributed by atoms with Crippen LogP contribution in [0.15, 0.2) is 24.3 Å². The molecule has 0 bridgehead atoms. The van der Waals surface area contributed by atoms with Crippen LogP contribution >= 0.6 is 12.4 Å². The molecule has 0 amide bonds. The van der Waals surface area contributed by atoms with Gasteiger partial charge in [0.05, 0.1) is 0 Å². The Balaban J connectivity index is 0.00000144. The van der Waals surface area contributed by atoms with Gasteiger partial charge in [-0.3, -0.25) is 0 Å². The fraction of sp³-hybridized carbons (Fsp3) is 0.455.